The van der Waals surface area contributed by atoms with Crippen LogP contribution in [0.25, 0.3) is 0 Å². The van der Waals surface area contributed by atoms with Gasteiger partial charge in [0.15, 0.2) is 0 Å². The molecule has 0 radical (unpaired) electrons. The summed E-state index contributed by atoms with van der Waals surface area (Å²) < 4.78 is 5.38. The molecule has 0 atom stereocenters. The lowest BCUT2D eigenvalue weighted by Crippen LogP contribution is -2.52. The second-order valence-corrected chi connectivity index (χ2v) is 5.35. The fourth-order valence-corrected chi connectivity index (χ4v) is 2.49. The van der Waals surface area contributed by atoms with Gasteiger partial charge in [0.2, 0.25) is 0 Å². The van der Waals surface area contributed by atoms with E-state index in [0.29, 0.717) is 0 Å². The second kappa shape index (κ2) is 5.72. The summed E-state index contributed by atoms with van der Waals surface area (Å²) in [6.45, 7) is 4.65. The lowest BCUT2D eigenvalue weighted by atomic mass is 9.90. The van der Waals surface area contributed by atoms with E-state index in [9.17, 15) is 0 Å². The van der Waals surface area contributed by atoms with Gasteiger partial charge in [0.25, 0.3) is 0 Å². The molecule has 0 bridgehead atoms. The van der Waals surface area contributed by atoms with Gasteiger partial charge in [-0.1, -0.05) is 19.1 Å². The van der Waals surface area contributed by atoms with Gasteiger partial charge in [0.05, 0.1) is 0 Å². The first-order valence-electron chi connectivity index (χ1n) is 6.80. The van der Waals surface area contributed by atoms with Crippen LogP contribution in [0.15, 0.2) is 24.3 Å². The molecule has 1 aromatic carbocycles. The van der Waals surface area contributed by atoms with Gasteiger partial charge in [0, 0.05) is 38.0 Å². The van der Waals surface area contributed by atoms with Gasteiger partial charge >= 0.3 is 0 Å². The Morgan fingerprint density at radius 1 is 1.22 bits per heavy atom. The van der Waals surface area contributed by atoms with Crippen molar-refractivity contribution in [2.45, 2.75) is 31.7 Å². The summed E-state index contributed by atoms with van der Waals surface area (Å²) in [5, 5.41) is 0. The third kappa shape index (κ3) is 3.24. The van der Waals surface area contributed by atoms with Crippen LogP contribution < -0.4 is 10.6 Å². The summed E-state index contributed by atoms with van der Waals surface area (Å²) in [5.41, 5.74) is 8.95. The number of nitrogens with zero attached hydrogens (tertiary/aromatic N) is 1. The van der Waals surface area contributed by atoms with Crippen LogP contribution in [0.2, 0.25) is 0 Å². The number of hydrogen-bond donors (Lipinski definition) is 1. The van der Waals surface area contributed by atoms with E-state index in [2.05, 4.69) is 43.1 Å². The van der Waals surface area contributed by atoms with Crippen LogP contribution in [-0.4, -0.2) is 32.3 Å². The monoisotopic (exact) mass is 248 g/mol. The summed E-state index contributed by atoms with van der Waals surface area (Å²) in [6.07, 6.45) is 2.98. The molecule has 1 heterocycles. The number of anilines is 1. The summed E-state index contributed by atoms with van der Waals surface area (Å²) in [4.78, 5) is 2.25. The topological polar surface area (TPSA) is 38.5 Å². The largest absolute Gasteiger partial charge is 0.381 e. The fourth-order valence-electron chi connectivity index (χ4n) is 2.49. The number of hydrogen-bond acceptors (Lipinski definition) is 3. The third-order valence-electron chi connectivity index (χ3n) is 3.83. The van der Waals surface area contributed by atoms with Crippen molar-refractivity contribution in [2.24, 2.45) is 5.73 Å². The van der Waals surface area contributed by atoms with E-state index in [1.807, 2.05) is 0 Å². The highest BCUT2D eigenvalue weighted by Crippen LogP contribution is 2.22. The van der Waals surface area contributed by atoms with Gasteiger partial charge in [-0.3, -0.25) is 0 Å². The number of nitrogens with two attached hydrogens (primary N) is 1. The van der Waals surface area contributed by atoms with E-state index in [4.69, 9.17) is 10.5 Å². The first-order valence-corrected chi connectivity index (χ1v) is 6.80. The van der Waals surface area contributed by atoms with Gasteiger partial charge in [-0.05, 0) is 37.0 Å². The van der Waals surface area contributed by atoms with Gasteiger partial charge in [-0.15, -0.1) is 0 Å². The molecule has 1 aliphatic heterocycles. The molecule has 1 aromatic rings. The first kappa shape index (κ1) is 13.4. The van der Waals surface area contributed by atoms with Crippen molar-refractivity contribution in [3.8, 4) is 0 Å². The zero-order valence-corrected chi connectivity index (χ0v) is 11.5. The predicted octanol–water partition coefficient (Wildman–Crippen LogP) is 2.19. The van der Waals surface area contributed by atoms with Gasteiger partial charge in [-0.2, -0.15) is 0 Å². The predicted molar refractivity (Wildman–Crippen MR) is 76.1 cm³/mol. The van der Waals surface area contributed by atoms with Gasteiger partial charge in [-0.25, -0.2) is 0 Å². The lowest BCUT2D eigenvalue weighted by molar-refractivity contribution is 0.0558. The average Bonchev–Trinajstić information content (AvgIpc) is 2.39. The highest BCUT2D eigenvalue weighted by Gasteiger charge is 2.29. The summed E-state index contributed by atoms with van der Waals surface area (Å²) >= 11 is 0. The number of likely N-dealkylation sites (N-methyl/N-ethyl adjacent to an activating group) is 1. The molecule has 0 unspecified atom stereocenters. The quantitative estimate of drug-likeness (QED) is 0.887. The first-order chi connectivity index (χ1) is 8.63. The molecule has 2 rings (SSSR count). The fraction of sp³-hybridized carbons (Fsp3) is 0.600. The van der Waals surface area contributed by atoms with E-state index in [0.717, 1.165) is 39.0 Å². The lowest BCUT2D eigenvalue weighted by Gasteiger charge is -2.37. The van der Waals surface area contributed by atoms with Crippen LogP contribution in [0.5, 0.6) is 0 Å². The molecule has 2 N–H and O–H groups in total. The van der Waals surface area contributed by atoms with Gasteiger partial charge in [0.1, 0.15) is 0 Å². The Hall–Kier alpha value is -1.06. The Morgan fingerprint density at radius 3 is 2.39 bits per heavy atom. The molecule has 100 valence electrons. The second-order valence-electron chi connectivity index (χ2n) is 5.35. The zero-order valence-electron chi connectivity index (χ0n) is 11.5. The molecule has 1 saturated heterocycles. The van der Waals surface area contributed by atoms with E-state index in [1.165, 1.54) is 11.3 Å². The van der Waals surface area contributed by atoms with E-state index < -0.39 is 0 Å². The standard InChI is InChI=1S/C15H24N2O/c1-3-13-4-6-14(7-5-13)17(2)12-15(16)8-10-18-11-9-15/h4-7H,3,8-12,16H2,1-2H3. The minimum absolute atomic E-state index is 0.101. The smallest absolute Gasteiger partial charge is 0.0484 e. The van der Waals surface area contributed by atoms with Crippen LogP contribution in [-0.2, 0) is 11.2 Å². The van der Waals surface area contributed by atoms with Crippen molar-refractivity contribution in [1.82, 2.24) is 0 Å². The Labute approximate surface area is 110 Å². The Bertz CT molecular complexity index is 369. The average molecular weight is 248 g/mol. The van der Waals surface area contributed by atoms with Crippen molar-refractivity contribution >= 4 is 5.69 Å². The number of benzene rings is 1. The highest BCUT2D eigenvalue weighted by atomic mass is 16.5. The van der Waals surface area contributed by atoms with Crippen molar-refractivity contribution in [2.75, 3.05) is 31.7 Å². The number of ether oxygens (including phenoxy) is 1. The van der Waals surface area contributed by atoms with Crippen LogP contribution in [0.4, 0.5) is 5.69 Å². The maximum absolute atomic E-state index is 6.43. The number of rotatable bonds is 4. The van der Waals surface area contributed by atoms with Crippen LogP contribution in [0.1, 0.15) is 25.3 Å². The molecule has 3 heteroatoms. The molecule has 0 aromatic heterocycles. The molecule has 0 aliphatic carbocycles. The van der Waals surface area contributed by atoms with Crippen LogP contribution in [0.3, 0.4) is 0 Å². The minimum Gasteiger partial charge on any atom is -0.381 e. The Kier molecular flexibility index (Phi) is 4.25. The molecule has 1 aliphatic rings. The SMILES string of the molecule is CCc1ccc(N(C)CC2(N)CCOCC2)cc1. The maximum atomic E-state index is 6.43. The zero-order chi connectivity index (χ0) is 13.0. The van der Waals surface area contributed by atoms with Crippen molar-refractivity contribution in [3.05, 3.63) is 29.8 Å². The molecule has 0 saturated carbocycles. The number of aryl methyl sites for hydroxylation is 1. The van der Waals surface area contributed by atoms with Crippen molar-refractivity contribution < 1.29 is 4.74 Å². The Morgan fingerprint density at radius 2 is 1.83 bits per heavy atom. The Balaban J connectivity index is 1.99. The van der Waals surface area contributed by atoms with Crippen LogP contribution >= 0.6 is 0 Å². The third-order valence-corrected chi connectivity index (χ3v) is 3.83. The molecule has 18 heavy (non-hydrogen) atoms. The van der Waals surface area contributed by atoms with Gasteiger partial charge < -0.3 is 15.4 Å². The molecule has 3 nitrogen and oxygen atoms in total. The van der Waals surface area contributed by atoms with Crippen molar-refractivity contribution in [3.63, 3.8) is 0 Å². The summed E-state index contributed by atoms with van der Waals surface area (Å²) in [5.74, 6) is 0. The van der Waals surface area contributed by atoms with Crippen LogP contribution in [0, 0.1) is 0 Å². The summed E-state index contributed by atoms with van der Waals surface area (Å²) in [6, 6.07) is 8.75. The normalized spacial score (nSPS) is 18.6. The molecule has 1 fully saturated rings. The molecular weight excluding hydrogens is 224 g/mol. The van der Waals surface area contributed by atoms with E-state index in [-0.39, 0.29) is 5.54 Å². The highest BCUT2D eigenvalue weighted by molar-refractivity contribution is 5.47. The molecule has 0 spiro atoms. The maximum Gasteiger partial charge on any atom is 0.0484 e. The van der Waals surface area contributed by atoms with E-state index in [1.54, 1.807) is 0 Å². The van der Waals surface area contributed by atoms with E-state index >= 15 is 0 Å². The minimum atomic E-state index is -0.101. The summed E-state index contributed by atoms with van der Waals surface area (Å²) in [7, 11) is 2.12. The molecule has 0 amide bonds. The van der Waals surface area contributed by atoms with Crippen molar-refractivity contribution in [1.29, 1.82) is 0 Å². The molecular formula is C15H24N2O.